The van der Waals surface area contributed by atoms with Crippen LogP contribution in [-0.4, -0.2) is 22.9 Å². The summed E-state index contributed by atoms with van der Waals surface area (Å²) in [7, 11) is 3.68. The number of hydrogen-bond acceptors (Lipinski definition) is 3. The number of methoxy groups -OCH3 is 1. The van der Waals surface area contributed by atoms with Crippen LogP contribution in [0.1, 0.15) is 11.1 Å². The maximum atomic E-state index is 5.29. The van der Waals surface area contributed by atoms with Gasteiger partial charge in [0.1, 0.15) is 5.03 Å². The van der Waals surface area contributed by atoms with Gasteiger partial charge in [0.15, 0.2) is 0 Å². The molecule has 2 aromatic heterocycles. The maximum Gasteiger partial charge on any atom is 0.214 e. The van der Waals surface area contributed by atoms with Crippen molar-refractivity contribution < 1.29 is 4.74 Å². The molecule has 22 heavy (non-hydrogen) atoms. The summed E-state index contributed by atoms with van der Waals surface area (Å²) < 4.78 is 7.40. The fraction of sp³-hybridized carbons (Fsp3) is 0.167. The molecular formula is C18H18N2OS. The van der Waals surface area contributed by atoms with E-state index in [2.05, 4.69) is 53.6 Å². The second kappa shape index (κ2) is 5.89. The van der Waals surface area contributed by atoms with E-state index >= 15 is 0 Å². The molecule has 112 valence electrons. The van der Waals surface area contributed by atoms with Gasteiger partial charge in [0.25, 0.3) is 0 Å². The van der Waals surface area contributed by atoms with Crippen molar-refractivity contribution in [2.45, 2.75) is 5.03 Å². The number of rotatable bonds is 4. The lowest BCUT2D eigenvalue weighted by molar-refractivity contribution is 0.394. The molecule has 2 heterocycles. The standard InChI is InChI=1S/C18H18N2OS/c1-12(15-10-17(21-3)19-18(11-15)22-4)13-5-6-16-14(9-13)7-8-20(16)2/h5-11H,1H2,2-4H3. The molecule has 0 unspecified atom stereocenters. The number of hydrogen-bond donors (Lipinski definition) is 0. The summed E-state index contributed by atoms with van der Waals surface area (Å²) in [5.41, 5.74) is 4.33. The highest BCUT2D eigenvalue weighted by Gasteiger charge is 2.09. The first kappa shape index (κ1) is 14.7. The Morgan fingerprint density at radius 3 is 2.73 bits per heavy atom. The lowest BCUT2D eigenvalue weighted by Gasteiger charge is -2.10. The summed E-state index contributed by atoms with van der Waals surface area (Å²) >= 11 is 1.60. The number of fused-ring (bicyclic) bond motifs is 1. The lowest BCUT2D eigenvalue weighted by Crippen LogP contribution is -1.94. The Morgan fingerprint density at radius 1 is 1.18 bits per heavy atom. The third kappa shape index (κ3) is 2.62. The highest BCUT2D eigenvalue weighted by Crippen LogP contribution is 2.29. The predicted octanol–water partition coefficient (Wildman–Crippen LogP) is 4.37. The maximum absolute atomic E-state index is 5.29. The summed E-state index contributed by atoms with van der Waals surface area (Å²) in [4.78, 5) is 4.40. The Labute approximate surface area is 134 Å². The average molecular weight is 310 g/mol. The van der Waals surface area contributed by atoms with Gasteiger partial charge in [0.05, 0.1) is 7.11 Å². The number of aromatic nitrogens is 2. The average Bonchev–Trinajstić information content (AvgIpc) is 2.94. The van der Waals surface area contributed by atoms with Crippen LogP contribution in [0.25, 0.3) is 16.5 Å². The molecule has 3 nitrogen and oxygen atoms in total. The zero-order valence-corrected chi connectivity index (χ0v) is 13.8. The molecule has 0 bridgehead atoms. The van der Waals surface area contributed by atoms with Crippen molar-refractivity contribution in [1.29, 1.82) is 0 Å². The molecule has 0 aliphatic rings. The van der Waals surface area contributed by atoms with Crippen LogP contribution in [0, 0.1) is 0 Å². The van der Waals surface area contributed by atoms with Gasteiger partial charge in [0, 0.05) is 30.2 Å². The molecule has 0 N–H and O–H groups in total. The summed E-state index contributed by atoms with van der Waals surface area (Å²) in [6, 6.07) is 12.5. The van der Waals surface area contributed by atoms with E-state index in [1.807, 2.05) is 18.4 Å². The molecule has 0 saturated carbocycles. The minimum absolute atomic E-state index is 0.615. The van der Waals surface area contributed by atoms with Crippen LogP contribution in [0.4, 0.5) is 0 Å². The van der Waals surface area contributed by atoms with E-state index < -0.39 is 0 Å². The van der Waals surface area contributed by atoms with E-state index in [-0.39, 0.29) is 0 Å². The van der Waals surface area contributed by atoms with E-state index in [0.29, 0.717) is 5.88 Å². The molecule has 0 saturated heterocycles. The van der Waals surface area contributed by atoms with Gasteiger partial charge >= 0.3 is 0 Å². The highest BCUT2D eigenvalue weighted by atomic mass is 32.2. The van der Waals surface area contributed by atoms with E-state index in [4.69, 9.17) is 4.74 Å². The van der Waals surface area contributed by atoms with Crippen molar-refractivity contribution in [3.05, 3.63) is 60.3 Å². The first-order valence-corrected chi connectivity index (χ1v) is 8.19. The third-order valence-corrected chi connectivity index (χ3v) is 4.41. The molecular weight excluding hydrogens is 292 g/mol. The second-order valence-electron chi connectivity index (χ2n) is 5.12. The lowest BCUT2D eigenvalue weighted by atomic mass is 9.99. The van der Waals surface area contributed by atoms with Gasteiger partial charge in [-0.05, 0) is 47.2 Å². The smallest absolute Gasteiger partial charge is 0.214 e. The van der Waals surface area contributed by atoms with Crippen LogP contribution < -0.4 is 4.74 Å². The Kier molecular flexibility index (Phi) is 3.94. The molecule has 1 aromatic carbocycles. The second-order valence-corrected chi connectivity index (χ2v) is 5.95. The van der Waals surface area contributed by atoms with Crippen molar-refractivity contribution in [3.63, 3.8) is 0 Å². The van der Waals surface area contributed by atoms with Gasteiger partial charge in [-0.25, -0.2) is 4.98 Å². The largest absolute Gasteiger partial charge is 0.481 e. The normalized spacial score (nSPS) is 10.9. The van der Waals surface area contributed by atoms with Gasteiger partial charge in [-0.3, -0.25) is 0 Å². The fourth-order valence-electron chi connectivity index (χ4n) is 2.50. The van der Waals surface area contributed by atoms with Crippen molar-refractivity contribution >= 4 is 28.2 Å². The van der Waals surface area contributed by atoms with Gasteiger partial charge in [-0.1, -0.05) is 12.6 Å². The number of benzene rings is 1. The SMILES string of the molecule is C=C(c1cc(OC)nc(SC)c1)c1ccc2c(ccn2C)c1. The third-order valence-electron chi connectivity index (χ3n) is 3.78. The molecule has 3 rings (SSSR count). The van der Waals surface area contributed by atoms with Gasteiger partial charge in [-0.2, -0.15) is 0 Å². The van der Waals surface area contributed by atoms with E-state index in [1.54, 1.807) is 18.9 Å². The molecule has 0 atom stereocenters. The van der Waals surface area contributed by atoms with Crippen LogP contribution in [0.2, 0.25) is 0 Å². The quantitative estimate of drug-likeness (QED) is 0.670. The highest BCUT2D eigenvalue weighted by molar-refractivity contribution is 7.98. The Morgan fingerprint density at radius 2 is 2.00 bits per heavy atom. The van der Waals surface area contributed by atoms with Gasteiger partial charge < -0.3 is 9.30 Å². The van der Waals surface area contributed by atoms with Crippen molar-refractivity contribution in [3.8, 4) is 5.88 Å². The molecule has 3 aromatic rings. The Bertz CT molecular complexity index is 829. The minimum Gasteiger partial charge on any atom is -0.481 e. The number of aryl methyl sites for hydroxylation is 1. The number of ether oxygens (including phenoxy) is 1. The number of pyridine rings is 1. The summed E-state index contributed by atoms with van der Waals surface area (Å²) in [6.07, 6.45) is 4.07. The van der Waals surface area contributed by atoms with Crippen LogP contribution in [-0.2, 0) is 7.05 Å². The van der Waals surface area contributed by atoms with Gasteiger partial charge in [0.2, 0.25) is 5.88 Å². The van der Waals surface area contributed by atoms with Crippen LogP contribution >= 0.6 is 11.8 Å². The molecule has 0 spiro atoms. The topological polar surface area (TPSA) is 27.1 Å². The number of nitrogens with zero attached hydrogens (tertiary/aromatic N) is 2. The number of thioether (sulfide) groups is 1. The predicted molar refractivity (Wildman–Crippen MR) is 93.6 cm³/mol. The van der Waals surface area contributed by atoms with Crippen LogP contribution in [0.5, 0.6) is 5.88 Å². The minimum atomic E-state index is 0.615. The van der Waals surface area contributed by atoms with E-state index in [0.717, 1.165) is 21.7 Å². The molecule has 0 amide bonds. The fourth-order valence-corrected chi connectivity index (χ4v) is 2.93. The summed E-state index contributed by atoms with van der Waals surface area (Å²) in [5.74, 6) is 0.615. The first-order chi connectivity index (χ1) is 10.6. The Balaban J connectivity index is 2.04. The van der Waals surface area contributed by atoms with Crippen molar-refractivity contribution in [1.82, 2.24) is 9.55 Å². The molecule has 0 aliphatic carbocycles. The van der Waals surface area contributed by atoms with Crippen molar-refractivity contribution in [2.75, 3.05) is 13.4 Å². The van der Waals surface area contributed by atoms with Crippen molar-refractivity contribution in [2.24, 2.45) is 7.05 Å². The van der Waals surface area contributed by atoms with E-state index in [1.165, 1.54) is 10.9 Å². The van der Waals surface area contributed by atoms with Crippen LogP contribution in [0.15, 0.2) is 54.2 Å². The first-order valence-electron chi connectivity index (χ1n) is 6.97. The van der Waals surface area contributed by atoms with Gasteiger partial charge in [-0.15, -0.1) is 11.8 Å². The summed E-state index contributed by atoms with van der Waals surface area (Å²) in [5, 5.41) is 2.14. The molecule has 0 radical (unpaired) electrons. The monoisotopic (exact) mass is 310 g/mol. The summed E-state index contributed by atoms with van der Waals surface area (Å²) in [6.45, 7) is 4.26. The zero-order valence-electron chi connectivity index (χ0n) is 13.0. The van der Waals surface area contributed by atoms with Crippen LogP contribution in [0.3, 0.4) is 0 Å². The molecule has 4 heteroatoms. The Hall–Kier alpha value is -2.20. The molecule has 0 fully saturated rings. The molecule has 0 aliphatic heterocycles. The zero-order chi connectivity index (χ0) is 15.7. The van der Waals surface area contributed by atoms with E-state index in [9.17, 15) is 0 Å².